The van der Waals surface area contributed by atoms with Gasteiger partial charge in [-0.3, -0.25) is 0 Å². The van der Waals surface area contributed by atoms with E-state index < -0.39 is 0 Å². The second kappa shape index (κ2) is 5.14. The second-order valence-electron chi connectivity index (χ2n) is 4.01. The van der Waals surface area contributed by atoms with Crippen molar-refractivity contribution in [3.05, 3.63) is 29.8 Å². The van der Waals surface area contributed by atoms with E-state index in [1.54, 1.807) is 0 Å². The number of ether oxygens (including phenoxy) is 1. The molecule has 1 aromatic carbocycles. The standard InChI is InChI=1S/C12H18N2O/c13-11-3-1-10(2-4-11)9-14-12-5-7-15-8-6-12/h1-4,12,14H,5-9,13H2. The fourth-order valence-electron chi connectivity index (χ4n) is 1.80. The normalized spacial score (nSPS) is 17.9. The molecule has 0 spiro atoms. The molecule has 3 heteroatoms. The first-order valence-electron chi connectivity index (χ1n) is 5.50. The van der Waals surface area contributed by atoms with Crippen LogP contribution in [-0.4, -0.2) is 19.3 Å². The number of hydrogen-bond donors (Lipinski definition) is 2. The van der Waals surface area contributed by atoms with Crippen LogP contribution in [0.15, 0.2) is 24.3 Å². The lowest BCUT2D eigenvalue weighted by Crippen LogP contribution is -2.34. The van der Waals surface area contributed by atoms with Crippen LogP contribution in [-0.2, 0) is 11.3 Å². The number of benzene rings is 1. The van der Waals surface area contributed by atoms with Crippen molar-refractivity contribution >= 4 is 5.69 Å². The molecule has 0 radical (unpaired) electrons. The van der Waals surface area contributed by atoms with Crippen molar-refractivity contribution in [3.63, 3.8) is 0 Å². The van der Waals surface area contributed by atoms with Gasteiger partial charge in [-0.25, -0.2) is 0 Å². The molecular weight excluding hydrogens is 188 g/mol. The van der Waals surface area contributed by atoms with Gasteiger partial charge in [0.2, 0.25) is 0 Å². The third kappa shape index (κ3) is 3.22. The lowest BCUT2D eigenvalue weighted by atomic mass is 10.1. The van der Waals surface area contributed by atoms with Crippen LogP contribution in [0.2, 0.25) is 0 Å². The van der Waals surface area contributed by atoms with Gasteiger partial charge in [0.15, 0.2) is 0 Å². The number of nitrogen functional groups attached to an aromatic ring is 1. The van der Waals surface area contributed by atoms with Gasteiger partial charge in [-0.15, -0.1) is 0 Å². The summed E-state index contributed by atoms with van der Waals surface area (Å²) in [6.45, 7) is 2.70. The third-order valence-electron chi connectivity index (χ3n) is 2.80. The van der Waals surface area contributed by atoms with Crippen molar-refractivity contribution < 1.29 is 4.74 Å². The summed E-state index contributed by atoms with van der Waals surface area (Å²) in [4.78, 5) is 0. The van der Waals surface area contributed by atoms with Gasteiger partial charge in [-0.2, -0.15) is 0 Å². The highest BCUT2D eigenvalue weighted by molar-refractivity contribution is 5.39. The summed E-state index contributed by atoms with van der Waals surface area (Å²) < 4.78 is 5.31. The molecule has 15 heavy (non-hydrogen) atoms. The van der Waals surface area contributed by atoms with E-state index in [9.17, 15) is 0 Å². The predicted molar refractivity (Wildman–Crippen MR) is 61.5 cm³/mol. The van der Waals surface area contributed by atoms with Crippen LogP contribution in [0.1, 0.15) is 18.4 Å². The smallest absolute Gasteiger partial charge is 0.0480 e. The van der Waals surface area contributed by atoms with Crippen LogP contribution < -0.4 is 11.1 Å². The second-order valence-corrected chi connectivity index (χ2v) is 4.01. The molecule has 0 unspecified atom stereocenters. The molecule has 1 saturated heterocycles. The summed E-state index contributed by atoms with van der Waals surface area (Å²) in [7, 11) is 0. The molecule has 0 aliphatic carbocycles. The highest BCUT2D eigenvalue weighted by atomic mass is 16.5. The largest absolute Gasteiger partial charge is 0.399 e. The molecule has 0 amide bonds. The zero-order valence-corrected chi connectivity index (χ0v) is 8.91. The van der Waals surface area contributed by atoms with E-state index in [4.69, 9.17) is 10.5 Å². The summed E-state index contributed by atoms with van der Waals surface area (Å²) >= 11 is 0. The van der Waals surface area contributed by atoms with Crippen LogP contribution in [0.3, 0.4) is 0 Å². The number of nitrogens with two attached hydrogens (primary N) is 1. The Morgan fingerprint density at radius 2 is 1.87 bits per heavy atom. The van der Waals surface area contributed by atoms with Gasteiger partial charge in [0.1, 0.15) is 0 Å². The molecule has 3 nitrogen and oxygen atoms in total. The highest BCUT2D eigenvalue weighted by Crippen LogP contribution is 2.09. The maximum atomic E-state index is 5.63. The molecule has 1 aliphatic rings. The molecule has 0 bridgehead atoms. The topological polar surface area (TPSA) is 47.3 Å². The molecule has 1 fully saturated rings. The van der Waals surface area contributed by atoms with Crippen LogP contribution in [0.5, 0.6) is 0 Å². The number of anilines is 1. The molecule has 82 valence electrons. The predicted octanol–water partition coefficient (Wildman–Crippen LogP) is 1.54. The van der Waals surface area contributed by atoms with E-state index in [2.05, 4.69) is 17.4 Å². The molecule has 0 saturated carbocycles. The molecular formula is C12H18N2O. The summed E-state index contributed by atoms with van der Waals surface area (Å²) in [6.07, 6.45) is 2.24. The van der Waals surface area contributed by atoms with Crippen LogP contribution in [0, 0.1) is 0 Å². The van der Waals surface area contributed by atoms with Crippen LogP contribution in [0.25, 0.3) is 0 Å². The Morgan fingerprint density at radius 3 is 2.53 bits per heavy atom. The van der Waals surface area contributed by atoms with Gasteiger partial charge >= 0.3 is 0 Å². The van der Waals surface area contributed by atoms with Crippen LogP contribution in [0.4, 0.5) is 5.69 Å². The first-order chi connectivity index (χ1) is 7.34. The number of hydrogen-bond acceptors (Lipinski definition) is 3. The molecule has 3 N–H and O–H groups in total. The maximum Gasteiger partial charge on any atom is 0.0480 e. The Labute approximate surface area is 90.6 Å². The maximum absolute atomic E-state index is 5.63. The summed E-state index contributed by atoms with van der Waals surface area (Å²) in [5, 5.41) is 3.54. The van der Waals surface area contributed by atoms with Gasteiger partial charge in [0, 0.05) is 31.5 Å². The van der Waals surface area contributed by atoms with E-state index in [1.165, 1.54) is 5.56 Å². The average Bonchev–Trinajstić information content (AvgIpc) is 2.30. The number of nitrogens with one attached hydrogen (secondary N) is 1. The molecule has 2 rings (SSSR count). The Balaban J connectivity index is 1.79. The molecule has 1 aliphatic heterocycles. The Morgan fingerprint density at radius 1 is 1.20 bits per heavy atom. The zero-order valence-electron chi connectivity index (χ0n) is 8.91. The summed E-state index contributed by atoms with van der Waals surface area (Å²) in [6, 6.07) is 8.64. The van der Waals surface area contributed by atoms with Crippen molar-refractivity contribution in [2.24, 2.45) is 0 Å². The lowest BCUT2D eigenvalue weighted by Gasteiger charge is -2.23. The SMILES string of the molecule is Nc1ccc(CNC2CCOCC2)cc1. The summed E-state index contributed by atoms with van der Waals surface area (Å²) in [5.41, 5.74) is 7.74. The van der Waals surface area contributed by atoms with E-state index in [-0.39, 0.29) is 0 Å². The Hall–Kier alpha value is -1.06. The highest BCUT2D eigenvalue weighted by Gasteiger charge is 2.12. The monoisotopic (exact) mass is 206 g/mol. The first-order valence-corrected chi connectivity index (χ1v) is 5.50. The van der Waals surface area contributed by atoms with E-state index in [0.29, 0.717) is 6.04 Å². The summed E-state index contributed by atoms with van der Waals surface area (Å²) in [5.74, 6) is 0. The van der Waals surface area contributed by atoms with Gasteiger partial charge in [0.05, 0.1) is 0 Å². The van der Waals surface area contributed by atoms with Crippen molar-refractivity contribution in [2.75, 3.05) is 18.9 Å². The van der Waals surface area contributed by atoms with Crippen LogP contribution >= 0.6 is 0 Å². The third-order valence-corrected chi connectivity index (χ3v) is 2.80. The fourth-order valence-corrected chi connectivity index (χ4v) is 1.80. The van der Waals surface area contributed by atoms with Crippen molar-refractivity contribution in [1.82, 2.24) is 5.32 Å². The minimum absolute atomic E-state index is 0.608. The van der Waals surface area contributed by atoms with Gasteiger partial charge in [0.25, 0.3) is 0 Å². The Bertz CT molecular complexity index is 291. The average molecular weight is 206 g/mol. The quantitative estimate of drug-likeness (QED) is 0.737. The first kappa shape index (κ1) is 10.5. The fraction of sp³-hybridized carbons (Fsp3) is 0.500. The van der Waals surface area contributed by atoms with Crippen molar-refractivity contribution in [1.29, 1.82) is 0 Å². The minimum Gasteiger partial charge on any atom is -0.399 e. The van der Waals surface area contributed by atoms with Crippen molar-refractivity contribution in [3.8, 4) is 0 Å². The molecule has 1 heterocycles. The van der Waals surface area contributed by atoms with Gasteiger partial charge in [-0.05, 0) is 30.5 Å². The van der Waals surface area contributed by atoms with Gasteiger partial charge in [-0.1, -0.05) is 12.1 Å². The van der Waals surface area contributed by atoms with E-state index in [0.717, 1.165) is 38.3 Å². The minimum atomic E-state index is 0.608. The molecule has 0 aromatic heterocycles. The van der Waals surface area contributed by atoms with E-state index in [1.807, 2.05) is 12.1 Å². The van der Waals surface area contributed by atoms with Crippen molar-refractivity contribution in [2.45, 2.75) is 25.4 Å². The lowest BCUT2D eigenvalue weighted by molar-refractivity contribution is 0.0776. The molecule has 0 atom stereocenters. The number of rotatable bonds is 3. The van der Waals surface area contributed by atoms with E-state index >= 15 is 0 Å². The Kier molecular flexibility index (Phi) is 3.59. The van der Waals surface area contributed by atoms with Gasteiger partial charge < -0.3 is 15.8 Å². The molecule has 1 aromatic rings. The zero-order chi connectivity index (χ0) is 10.5.